The Labute approximate surface area is 149 Å². The van der Waals surface area contributed by atoms with Crippen LogP contribution >= 0.6 is 0 Å². The van der Waals surface area contributed by atoms with Gasteiger partial charge in [-0.2, -0.15) is 5.10 Å². The second-order valence-corrected chi connectivity index (χ2v) is 7.53. The molecule has 2 unspecified atom stereocenters. The summed E-state index contributed by atoms with van der Waals surface area (Å²) in [6, 6.07) is -0.951. The lowest BCUT2D eigenvalue weighted by Gasteiger charge is -2.22. The molecule has 0 radical (unpaired) electrons. The number of aromatic nitrogens is 2. The molecule has 0 bridgehead atoms. The molecule has 2 atom stereocenters. The largest absolute Gasteiger partial charge is 0.480 e. The van der Waals surface area contributed by atoms with Gasteiger partial charge >= 0.3 is 5.97 Å². The first-order valence-corrected chi connectivity index (χ1v) is 8.58. The zero-order valence-electron chi connectivity index (χ0n) is 16.3. The number of carbonyl (C=O) groups is 2. The molecule has 1 amide bonds. The highest BCUT2D eigenvalue weighted by atomic mass is 16.5. The molecule has 0 spiro atoms. The van der Waals surface area contributed by atoms with E-state index in [4.69, 9.17) is 4.74 Å². The Bertz CT molecular complexity index is 617. The van der Waals surface area contributed by atoms with E-state index in [0.29, 0.717) is 6.42 Å². The van der Waals surface area contributed by atoms with E-state index in [1.54, 1.807) is 11.6 Å². The minimum absolute atomic E-state index is 0.232. The van der Waals surface area contributed by atoms with Gasteiger partial charge in [0.1, 0.15) is 6.04 Å². The topological polar surface area (TPSA) is 93.5 Å². The third-order valence-electron chi connectivity index (χ3n) is 4.17. The van der Waals surface area contributed by atoms with Gasteiger partial charge in [0.25, 0.3) is 0 Å². The van der Waals surface area contributed by atoms with Crippen molar-refractivity contribution >= 4 is 11.9 Å². The first kappa shape index (κ1) is 21.2. The monoisotopic (exact) mass is 353 g/mol. The fraction of sp³-hybridized carbons (Fsp3) is 0.722. The average molecular weight is 353 g/mol. The molecule has 0 aliphatic rings. The normalized spacial score (nSPS) is 14.2. The fourth-order valence-corrected chi connectivity index (χ4v) is 2.57. The van der Waals surface area contributed by atoms with Crippen LogP contribution in [0.15, 0.2) is 0 Å². The first-order chi connectivity index (χ1) is 11.4. The maximum Gasteiger partial charge on any atom is 0.326 e. The van der Waals surface area contributed by atoms with Gasteiger partial charge < -0.3 is 15.2 Å². The van der Waals surface area contributed by atoms with Crippen LogP contribution in [-0.4, -0.2) is 45.0 Å². The van der Waals surface area contributed by atoms with Crippen molar-refractivity contribution in [1.82, 2.24) is 15.1 Å². The number of nitrogens with zero attached hydrogens (tertiary/aromatic N) is 2. The van der Waals surface area contributed by atoms with Crippen LogP contribution in [-0.2, 0) is 27.8 Å². The lowest BCUT2D eigenvalue weighted by molar-refractivity contribution is -0.143. The van der Waals surface area contributed by atoms with E-state index in [2.05, 4.69) is 10.4 Å². The van der Waals surface area contributed by atoms with Gasteiger partial charge in [0.05, 0.1) is 11.3 Å². The predicted molar refractivity (Wildman–Crippen MR) is 95.4 cm³/mol. The SMILES string of the molecule is Cc1nn(C)c(C)c1CC(C)C(=O)NC(CCOC(C)(C)C)C(=O)O. The molecule has 0 aromatic carbocycles. The highest BCUT2D eigenvalue weighted by Gasteiger charge is 2.25. The number of carboxylic acid groups (broad SMARTS) is 1. The van der Waals surface area contributed by atoms with E-state index < -0.39 is 12.0 Å². The van der Waals surface area contributed by atoms with E-state index in [1.165, 1.54) is 0 Å². The molecule has 1 aromatic rings. The van der Waals surface area contributed by atoms with E-state index in [0.717, 1.165) is 17.0 Å². The summed E-state index contributed by atoms with van der Waals surface area (Å²) >= 11 is 0. The van der Waals surface area contributed by atoms with E-state index in [1.807, 2.05) is 41.7 Å². The summed E-state index contributed by atoms with van der Waals surface area (Å²) in [5.74, 6) is -1.66. The number of hydrogen-bond acceptors (Lipinski definition) is 4. The lowest BCUT2D eigenvalue weighted by Crippen LogP contribution is -2.44. The average Bonchev–Trinajstić information content (AvgIpc) is 2.71. The Kier molecular flexibility index (Phi) is 7.17. The molecule has 0 aliphatic heterocycles. The molecule has 0 fully saturated rings. The van der Waals surface area contributed by atoms with Gasteiger partial charge in [-0.3, -0.25) is 9.48 Å². The number of nitrogens with one attached hydrogen (secondary N) is 1. The Morgan fingerprint density at radius 1 is 1.32 bits per heavy atom. The van der Waals surface area contributed by atoms with Crippen molar-refractivity contribution in [2.75, 3.05) is 6.61 Å². The number of carbonyl (C=O) groups excluding carboxylic acids is 1. The third kappa shape index (κ3) is 6.49. The highest BCUT2D eigenvalue weighted by Crippen LogP contribution is 2.17. The van der Waals surface area contributed by atoms with Gasteiger partial charge in [-0.25, -0.2) is 4.79 Å². The molecule has 1 heterocycles. The summed E-state index contributed by atoms with van der Waals surface area (Å²) in [6.45, 7) is 11.7. The molecule has 7 nitrogen and oxygen atoms in total. The predicted octanol–water partition coefficient (Wildman–Crippen LogP) is 1.99. The second-order valence-electron chi connectivity index (χ2n) is 7.53. The minimum Gasteiger partial charge on any atom is -0.480 e. The van der Waals surface area contributed by atoms with Crippen molar-refractivity contribution in [2.24, 2.45) is 13.0 Å². The molecule has 0 saturated carbocycles. The van der Waals surface area contributed by atoms with Gasteiger partial charge in [0.15, 0.2) is 0 Å². The van der Waals surface area contributed by atoms with Gasteiger partial charge in [-0.15, -0.1) is 0 Å². The number of aliphatic carboxylic acids is 1. The Hall–Kier alpha value is -1.89. The lowest BCUT2D eigenvalue weighted by atomic mass is 9.98. The quantitative estimate of drug-likeness (QED) is 0.745. The zero-order valence-corrected chi connectivity index (χ0v) is 16.3. The number of ether oxygens (including phenoxy) is 1. The summed E-state index contributed by atoms with van der Waals surface area (Å²) in [7, 11) is 1.87. The summed E-state index contributed by atoms with van der Waals surface area (Å²) in [5, 5.41) is 16.3. The third-order valence-corrected chi connectivity index (χ3v) is 4.17. The summed E-state index contributed by atoms with van der Waals surface area (Å²) in [4.78, 5) is 23.8. The molecular weight excluding hydrogens is 322 g/mol. The molecule has 2 N–H and O–H groups in total. The van der Waals surface area contributed by atoms with E-state index in [9.17, 15) is 14.7 Å². The van der Waals surface area contributed by atoms with Crippen molar-refractivity contribution in [3.05, 3.63) is 17.0 Å². The van der Waals surface area contributed by atoms with E-state index in [-0.39, 0.29) is 30.5 Å². The van der Waals surface area contributed by atoms with Crippen molar-refractivity contribution in [1.29, 1.82) is 0 Å². The Morgan fingerprint density at radius 2 is 1.92 bits per heavy atom. The molecular formula is C18H31N3O4. The van der Waals surface area contributed by atoms with Crippen LogP contribution in [0.25, 0.3) is 0 Å². The molecule has 0 saturated heterocycles. The zero-order chi connectivity index (χ0) is 19.4. The van der Waals surface area contributed by atoms with Crippen molar-refractivity contribution in [2.45, 2.75) is 66.0 Å². The molecule has 1 rings (SSSR count). The van der Waals surface area contributed by atoms with Gasteiger partial charge in [-0.1, -0.05) is 6.92 Å². The number of hydrogen-bond donors (Lipinski definition) is 2. The van der Waals surface area contributed by atoms with E-state index >= 15 is 0 Å². The van der Waals surface area contributed by atoms with Crippen LogP contribution in [0.1, 0.15) is 51.1 Å². The van der Waals surface area contributed by atoms with Crippen molar-refractivity contribution < 1.29 is 19.4 Å². The highest BCUT2D eigenvalue weighted by molar-refractivity contribution is 5.84. The summed E-state index contributed by atoms with van der Waals surface area (Å²) in [6.07, 6.45) is 0.762. The molecule has 1 aromatic heterocycles. The summed E-state index contributed by atoms with van der Waals surface area (Å²) < 4.78 is 7.35. The molecule has 25 heavy (non-hydrogen) atoms. The van der Waals surface area contributed by atoms with Crippen molar-refractivity contribution in [3.63, 3.8) is 0 Å². The maximum atomic E-state index is 12.4. The van der Waals surface area contributed by atoms with Gasteiger partial charge in [0.2, 0.25) is 5.91 Å². The molecule has 0 aliphatic carbocycles. The first-order valence-electron chi connectivity index (χ1n) is 8.58. The van der Waals surface area contributed by atoms with Crippen LogP contribution in [0.2, 0.25) is 0 Å². The minimum atomic E-state index is -1.05. The standard InChI is InChI=1S/C18H31N3O4/c1-11(10-14-12(2)20-21(7)13(14)3)16(22)19-15(17(23)24)8-9-25-18(4,5)6/h11,15H,8-10H2,1-7H3,(H,19,22)(H,23,24). The Balaban J connectivity index is 2.65. The van der Waals surface area contributed by atoms with Crippen LogP contribution in [0, 0.1) is 19.8 Å². The molecule has 7 heteroatoms. The van der Waals surface area contributed by atoms with Crippen LogP contribution < -0.4 is 5.32 Å². The van der Waals surface area contributed by atoms with Crippen LogP contribution in [0.3, 0.4) is 0 Å². The van der Waals surface area contributed by atoms with Crippen molar-refractivity contribution in [3.8, 4) is 0 Å². The summed E-state index contributed by atoms with van der Waals surface area (Å²) in [5.41, 5.74) is 2.61. The number of carboxylic acids is 1. The van der Waals surface area contributed by atoms with Crippen LogP contribution in [0.4, 0.5) is 0 Å². The number of amides is 1. The Morgan fingerprint density at radius 3 is 2.36 bits per heavy atom. The van der Waals surface area contributed by atoms with Gasteiger partial charge in [0, 0.05) is 31.7 Å². The maximum absolute atomic E-state index is 12.4. The smallest absolute Gasteiger partial charge is 0.326 e. The molecule has 142 valence electrons. The number of aryl methyl sites for hydroxylation is 2. The number of rotatable bonds is 8. The second kappa shape index (κ2) is 8.47. The fourth-order valence-electron chi connectivity index (χ4n) is 2.57. The van der Waals surface area contributed by atoms with Crippen LogP contribution in [0.5, 0.6) is 0 Å². The van der Waals surface area contributed by atoms with Gasteiger partial charge in [-0.05, 0) is 46.6 Å².